The molecular weight excluding hydrogens is 220 g/mol. The summed E-state index contributed by atoms with van der Waals surface area (Å²) in [4.78, 5) is 23.6. The van der Waals surface area contributed by atoms with Crippen LogP contribution in [0.1, 0.15) is 19.4 Å². The standard InChI is InChI=1S/C12H14N2O3/c1-9(15)14-7-8-17-12(14,2)10-3-5-11(13-16)6-4-10/h3-6H,7-8H2,1-2H3. The summed E-state index contributed by atoms with van der Waals surface area (Å²) >= 11 is 0. The van der Waals surface area contributed by atoms with Crippen LogP contribution in [-0.4, -0.2) is 24.0 Å². The van der Waals surface area contributed by atoms with Crippen LogP contribution in [0.2, 0.25) is 0 Å². The van der Waals surface area contributed by atoms with Gasteiger partial charge in [-0.1, -0.05) is 12.1 Å². The number of nitrogens with zero attached hydrogens (tertiary/aromatic N) is 2. The Morgan fingerprint density at radius 1 is 1.41 bits per heavy atom. The second kappa shape index (κ2) is 4.25. The normalized spacial score (nSPS) is 23.8. The highest BCUT2D eigenvalue weighted by Crippen LogP contribution is 2.34. The molecule has 1 fully saturated rings. The minimum atomic E-state index is -0.743. The van der Waals surface area contributed by atoms with Crippen molar-refractivity contribution >= 4 is 11.6 Å². The molecule has 1 aliphatic rings. The first-order valence-electron chi connectivity index (χ1n) is 5.44. The third-order valence-electron chi connectivity index (χ3n) is 3.10. The van der Waals surface area contributed by atoms with Crippen molar-refractivity contribution in [1.82, 2.24) is 4.90 Å². The van der Waals surface area contributed by atoms with Gasteiger partial charge < -0.3 is 9.64 Å². The molecule has 1 atom stereocenters. The molecule has 0 bridgehead atoms. The first-order valence-corrected chi connectivity index (χ1v) is 5.44. The monoisotopic (exact) mass is 234 g/mol. The van der Waals surface area contributed by atoms with E-state index in [0.29, 0.717) is 18.8 Å². The maximum absolute atomic E-state index is 11.5. The fourth-order valence-corrected chi connectivity index (χ4v) is 2.16. The number of rotatable bonds is 2. The minimum absolute atomic E-state index is 0.0254. The zero-order valence-electron chi connectivity index (χ0n) is 9.84. The van der Waals surface area contributed by atoms with Crippen LogP contribution >= 0.6 is 0 Å². The van der Waals surface area contributed by atoms with Gasteiger partial charge in [-0.2, -0.15) is 0 Å². The summed E-state index contributed by atoms with van der Waals surface area (Å²) in [6.07, 6.45) is 0. The quantitative estimate of drug-likeness (QED) is 0.736. The molecule has 1 saturated heterocycles. The molecule has 1 aliphatic heterocycles. The van der Waals surface area contributed by atoms with Crippen molar-refractivity contribution in [2.24, 2.45) is 5.18 Å². The Hall–Kier alpha value is -1.75. The largest absolute Gasteiger partial charge is 0.350 e. The topological polar surface area (TPSA) is 59.0 Å². The van der Waals surface area contributed by atoms with Crippen LogP contribution in [-0.2, 0) is 15.3 Å². The number of benzene rings is 1. The van der Waals surface area contributed by atoms with Crippen LogP contribution in [0.5, 0.6) is 0 Å². The van der Waals surface area contributed by atoms with Gasteiger partial charge in [-0.15, -0.1) is 4.91 Å². The number of ether oxygens (including phenoxy) is 1. The molecule has 90 valence electrons. The van der Waals surface area contributed by atoms with Gasteiger partial charge >= 0.3 is 0 Å². The summed E-state index contributed by atoms with van der Waals surface area (Å²) < 4.78 is 5.67. The van der Waals surface area contributed by atoms with Crippen LogP contribution in [0.15, 0.2) is 29.4 Å². The van der Waals surface area contributed by atoms with Crippen molar-refractivity contribution in [2.45, 2.75) is 19.6 Å². The Labute approximate surface area is 99.3 Å². The van der Waals surface area contributed by atoms with Gasteiger partial charge in [-0.05, 0) is 24.2 Å². The van der Waals surface area contributed by atoms with Gasteiger partial charge in [-0.25, -0.2) is 0 Å². The molecule has 5 heteroatoms. The molecule has 0 aliphatic carbocycles. The fraction of sp³-hybridized carbons (Fsp3) is 0.417. The van der Waals surface area contributed by atoms with Crippen molar-refractivity contribution in [2.75, 3.05) is 13.2 Å². The minimum Gasteiger partial charge on any atom is -0.350 e. The van der Waals surface area contributed by atoms with Crippen LogP contribution in [0.25, 0.3) is 0 Å². The molecular formula is C12H14N2O3. The summed E-state index contributed by atoms with van der Waals surface area (Å²) in [5, 5.41) is 2.84. The fourth-order valence-electron chi connectivity index (χ4n) is 2.16. The maximum atomic E-state index is 11.5. The van der Waals surface area contributed by atoms with E-state index in [-0.39, 0.29) is 5.91 Å². The van der Waals surface area contributed by atoms with Gasteiger partial charge in [0.15, 0.2) is 5.72 Å². The van der Waals surface area contributed by atoms with E-state index in [2.05, 4.69) is 5.18 Å². The van der Waals surface area contributed by atoms with Crippen molar-refractivity contribution < 1.29 is 9.53 Å². The van der Waals surface area contributed by atoms with Gasteiger partial charge in [0.05, 0.1) is 6.61 Å². The van der Waals surface area contributed by atoms with Gasteiger partial charge in [0.25, 0.3) is 0 Å². The van der Waals surface area contributed by atoms with E-state index in [4.69, 9.17) is 4.74 Å². The molecule has 1 unspecified atom stereocenters. The molecule has 1 heterocycles. The summed E-state index contributed by atoms with van der Waals surface area (Å²) in [6, 6.07) is 6.76. The Balaban J connectivity index is 2.36. The van der Waals surface area contributed by atoms with Crippen LogP contribution < -0.4 is 0 Å². The molecule has 0 N–H and O–H groups in total. The Morgan fingerprint density at radius 3 is 2.59 bits per heavy atom. The third-order valence-corrected chi connectivity index (χ3v) is 3.10. The number of hydrogen-bond donors (Lipinski definition) is 0. The average Bonchev–Trinajstić information content (AvgIpc) is 2.73. The molecule has 1 aromatic rings. The van der Waals surface area contributed by atoms with E-state index in [0.717, 1.165) is 5.56 Å². The van der Waals surface area contributed by atoms with Gasteiger partial charge in [0, 0.05) is 19.0 Å². The predicted octanol–water partition coefficient (Wildman–Crippen LogP) is 2.14. The first kappa shape index (κ1) is 11.7. The van der Waals surface area contributed by atoms with Crippen LogP contribution in [0, 0.1) is 4.91 Å². The van der Waals surface area contributed by atoms with E-state index >= 15 is 0 Å². The zero-order valence-corrected chi connectivity index (χ0v) is 9.84. The maximum Gasteiger partial charge on any atom is 0.222 e. The molecule has 5 nitrogen and oxygen atoms in total. The Morgan fingerprint density at radius 2 is 2.06 bits per heavy atom. The number of amides is 1. The zero-order chi connectivity index (χ0) is 12.5. The molecule has 1 aromatic carbocycles. The van der Waals surface area contributed by atoms with Crippen LogP contribution in [0.3, 0.4) is 0 Å². The van der Waals surface area contributed by atoms with Crippen molar-refractivity contribution in [3.8, 4) is 0 Å². The van der Waals surface area contributed by atoms with E-state index in [1.807, 2.05) is 6.92 Å². The van der Waals surface area contributed by atoms with E-state index in [9.17, 15) is 9.70 Å². The molecule has 0 aromatic heterocycles. The molecule has 1 amide bonds. The van der Waals surface area contributed by atoms with E-state index in [1.165, 1.54) is 6.92 Å². The first-order chi connectivity index (χ1) is 8.08. The van der Waals surface area contributed by atoms with E-state index < -0.39 is 5.72 Å². The van der Waals surface area contributed by atoms with Gasteiger partial charge in [-0.3, -0.25) is 4.79 Å². The third kappa shape index (κ3) is 1.93. The van der Waals surface area contributed by atoms with Crippen molar-refractivity contribution in [3.63, 3.8) is 0 Å². The smallest absolute Gasteiger partial charge is 0.222 e. The highest BCUT2D eigenvalue weighted by atomic mass is 16.5. The highest BCUT2D eigenvalue weighted by molar-refractivity contribution is 5.74. The molecule has 0 saturated carbocycles. The Bertz CT molecular complexity index is 444. The number of hydrogen-bond acceptors (Lipinski definition) is 4. The van der Waals surface area contributed by atoms with Gasteiger partial charge in [0.2, 0.25) is 5.91 Å². The predicted molar refractivity (Wildman–Crippen MR) is 62.6 cm³/mol. The molecule has 0 radical (unpaired) electrons. The summed E-state index contributed by atoms with van der Waals surface area (Å²) in [5.74, 6) is -0.0254. The van der Waals surface area contributed by atoms with E-state index in [1.54, 1.807) is 29.2 Å². The number of carbonyl (C=O) groups is 1. The SMILES string of the molecule is CC(=O)N1CCOC1(C)c1ccc(N=O)cc1. The lowest BCUT2D eigenvalue weighted by Gasteiger charge is -2.33. The lowest BCUT2D eigenvalue weighted by molar-refractivity contribution is -0.145. The van der Waals surface area contributed by atoms with Crippen LogP contribution in [0.4, 0.5) is 5.69 Å². The second-order valence-corrected chi connectivity index (χ2v) is 4.14. The molecule has 2 rings (SSSR count). The highest BCUT2D eigenvalue weighted by Gasteiger charge is 2.40. The average molecular weight is 234 g/mol. The molecule has 17 heavy (non-hydrogen) atoms. The van der Waals surface area contributed by atoms with Gasteiger partial charge in [0.1, 0.15) is 5.69 Å². The molecule has 0 spiro atoms. The Kier molecular flexibility index (Phi) is 2.93. The summed E-state index contributed by atoms with van der Waals surface area (Å²) in [7, 11) is 0. The lowest BCUT2D eigenvalue weighted by Crippen LogP contribution is -2.42. The van der Waals surface area contributed by atoms with Crippen molar-refractivity contribution in [3.05, 3.63) is 34.7 Å². The van der Waals surface area contributed by atoms with Crippen molar-refractivity contribution in [1.29, 1.82) is 0 Å². The lowest BCUT2D eigenvalue weighted by atomic mass is 10.0. The number of carbonyl (C=O) groups excluding carboxylic acids is 1. The second-order valence-electron chi connectivity index (χ2n) is 4.14. The summed E-state index contributed by atoms with van der Waals surface area (Å²) in [6.45, 7) is 4.47. The summed E-state index contributed by atoms with van der Waals surface area (Å²) in [5.41, 5.74) is 0.468. The number of nitroso groups, excluding NO2 is 1.